The topological polar surface area (TPSA) is 210 Å². The Morgan fingerprint density at radius 1 is 1.12 bits per heavy atom. The number of aromatic nitrogens is 4. The first-order valence-electron chi connectivity index (χ1n) is 9.84. The van der Waals surface area contributed by atoms with Gasteiger partial charge >= 0.3 is 11.9 Å². The second kappa shape index (κ2) is 9.73. The van der Waals surface area contributed by atoms with E-state index in [2.05, 4.69) is 25.3 Å². The molecule has 12 heteroatoms. The average molecular weight is 441 g/mol. The fourth-order valence-electron chi connectivity index (χ4n) is 3.29. The van der Waals surface area contributed by atoms with Crippen LogP contribution in [0.1, 0.15) is 40.9 Å². The number of amides is 1. The molecule has 0 saturated heterocycles. The van der Waals surface area contributed by atoms with E-state index in [4.69, 9.17) is 21.7 Å². The molecule has 0 saturated carbocycles. The highest BCUT2D eigenvalue weighted by atomic mass is 16.4. The summed E-state index contributed by atoms with van der Waals surface area (Å²) in [4.78, 5) is 49.3. The fraction of sp³-hybridized carbons (Fsp3) is 0.300. The number of aliphatic carboxylic acids is 2. The number of nitrogen functional groups attached to an aromatic ring is 2. The second-order valence-corrected chi connectivity index (χ2v) is 7.21. The molecule has 0 aliphatic heterocycles. The van der Waals surface area contributed by atoms with Crippen molar-refractivity contribution in [1.82, 2.24) is 25.3 Å². The number of aryl methyl sites for hydroxylation is 2. The Balaban J connectivity index is 1.56. The van der Waals surface area contributed by atoms with Gasteiger partial charge in [0, 0.05) is 18.8 Å². The van der Waals surface area contributed by atoms with Crippen LogP contribution < -0.4 is 16.8 Å². The SMILES string of the molecule is Nc1nc(N)c2c(CCCc3ccc(C(=O)N[C@@H](CCC(=O)O)C(=O)O)nc3)c[nH]c2n1. The number of nitrogens with one attached hydrogen (secondary N) is 2. The van der Waals surface area contributed by atoms with Gasteiger partial charge in [0.15, 0.2) is 0 Å². The zero-order valence-electron chi connectivity index (χ0n) is 17.0. The highest BCUT2D eigenvalue weighted by Crippen LogP contribution is 2.24. The third-order valence-electron chi connectivity index (χ3n) is 4.88. The van der Waals surface area contributed by atoms with Crippen molar-refractivity contribution in [1.29, 1.82) is 0 Å². The van der Waals surface area contributed by atoms with Crippen molar-refractivity contribution in [2.45, 2.75) is 38.1 Å². The summed E-state index contributed by atoms with van der Waals surface area (Å²) in [5, 5.41) is 20.9. The van der Waals surface area contributed by atoms with E-state index in [0.717, 1.165) is 22.9 Å². The first-order chi connectivity index (χ1) is 15.2. The van der Waals surface area contributed by atoms with Crippen molar-refractivity contribution in [2.75, 3.05) is 11.5 Å². The second-order valence-electron chi connectivity index (χ2n) is 7.21. The minimum Gasteiger partial charge on any atom is -0.481 e. The minimum atomic E-state index is -1.30. The summed E-state index contributed by atoms with van der Waals surface area (Å²) in [7, 11) is 0. The van der Waals surface area contributed by atoms with Crippen molar-refractivity contribution in [3.63, 3.8) is 0 Å². The van der Waals surface area contributed by atoms with Crippen molar-refractivity contribution in [3.05, 3.63) is 41.3 Å². The van der Waals surface area contributed by atoms with E-state index in [1.54, 1.807) is 12.3 Å². The lowest BCUT2D eigenvalue weighted by Gasteiger charge is -2.13. The Bertz CT molecular complexity index is 1140. The van der Waals surface area contributed by atoms with Gasteiger partial charge in [0.25, 0.3) is 5.91 Å². The van der Waals surface area contributed by atoms with Crippen LogP contribution in [0, 0.1) is 0 Å². The molecule has 0 aliphatic carbocycles. The zero-order valence-corrected chi connectivity index (χ0v) is 17.0. The molecule has 0 bridgehead atoms. The molecule has 32 heavy (non-hydrogen) atoms. The maximum Gasteiger partial charge on any atom is 0.326 e. The maximum atomic E-state index is 12.2. The number of fused-ring (bicyclic) bond motifs is 1. The summed E-state index contributed by atoms with van der Waals surface area (Å²) in [5.74, 6) is -2.69. The van der Waals surface area contributed by atoms with Crippen LogP contribution in [0.4, 0.5) is 11.8 Å². The average Bonchev–Trinajstić information content (AvgIpc) is 3.14. The molecule has 0 aromatic carbocycles. The van der Waals surface area contributed by atoms with Crippen LogP contribution in [-0.2, 0) is 22.4 Å². The molecule has 1 amide bonds. The van der Waals surface area contributed by atoms with E-state index in [1.165, 1.54) is 6.07 Å². The van der Waals surface area contributed by atoms with Gasteiger partial charge in [0.2, 0.25) is 5.95 Å². The predicted octanol–water partition coefficient (Wildman–Crippen LogP) is 0.740. The molecule has 12 nitrogen and oxygen atoms in total. The lowest BCUT2D eigenvalue weighted by molar-refractivity contribution is -0.140. The van der Waals surface area contributed by atoms with Crippen molar-refractivity contribution < 1.29 is 24.6 Å². The number of carboxylic acid groups (broad SMARTS) is 2. The summed E-state index contributed by atoms with van der Waals surface area (Å²) < 4.78 is 0. The molecule has 0 aliphatic rings. The molecule has 168 valence electrons. The summed E-state index contributed by atoms with van der Waals surface area (Å²) >= 11 is 0. The first-order valence-corrected chi connectivity index (χ1v) is 9.84. The molecule has 3 heterocycles. The van der Waals surface area contributed by atoms with Gasteiger partial charge in [-0.2, -0.15) is 9.97 Å². The molecular weight excluding hydrogens is 418 g/mol. The Morgan fingerprint density at radius 2 is 1.91 bits per heavy atom. The number of anilines is 2. The van der Waals surface area contributed by atoms with E-state index < -0.39 is 23.9 Å². The van der Waals surface area contributed by atoms with E-state index in [9.17, 15) is 14.4 Å². The summed E-state index contributed by atoms with van der Waals surface area (Å²) in [6, 6.07) is 1.94. The van der Waals surface area contributed by atoms with Crippen LogP contribution in [0.2, 0.25) is 0 Å². The lowest BCUT2D eigenvalue weighted by Crippen LogP contribution is -2.41. The zero-order chi connectivity index (χ0) is 23.3. The number of hydrogen-bond donors (Lipinski definition) is 6. The van der Waals surface area contributed by atoms with Crippen LogP contribution in [0.25, 0.3) is 11.0 Å². The Labute approximate surface area is 182 Å². The van der Waals surface area contributed by atoms with Gasteiger partial charge in [0.1, 0.15) is 23.2 Å². The highest BCUT2D eigenvalue weighted by molar-refractivity contribution is 5.95. The standard InChI is InChI=1S/C20H23N7O5/c21-16-15-11(9-24-17(15)27-20(22)26-16)3-1-2-10-4-5-12(23-8-10)18(30)25-13(19(31)32)6-7-14(28)29/h4-5,8-9,13H,1-3,6-7H2,(H,25,30)(H,28,29)(H,31,32)(H5,21,22,24,26,27)/t13-/m0/s1. The fourth-order valence-corrected chi connectivity index (χ4v) is 3.29. The Hall–Kier alpha value is -4.22. The quantitative estimate of drug-likeness (QED) is 0.260. The number of carbonyl (C=O) groups excluding carboxylic acids is 1. The van der Waals surface area contributed by atoms with Gasteiger partial charge in [-0.05, 0) is 42.9 Å². The van der Waals surface area contributed by atoms with E-state index >= 15 is 0 Å². The molecule has 0 spiro atoms. The third kappa shape index (κ3) is 5.47. The number of hydrogen-bond acceptors (Lipinski definition) is 8. The van der Waals surface area contributed by atoms with E-state index in [-0.39, 0.29) is 24.5 Å². The summed E-state index contributed by atoms with van der Waals surface area (Å²) in [6.07, 6.45) is 4.96. The van der Waals surface area contributed by atoms with Crippen molar-refractivity contribution in [2.24, 2.45) is 0 Å². The molecule has 3 aromatic rings. The highest BCUT2D eigenvalue weighted by Gasteiger charge is 2.22. The number of H-pyrrole nitrogens is 1. The predicted molar refractivity (Wildman–Crippen MR) is 115 cm³/mol. The molecule has 0 fully saturated rings. The largest absolute Gasteiger partial charge is 0.481 e. The number of pyridine rings is 1. The van der Waals surface area contributed by atoms with Crippen molar-refractivity contribution in [3.8, 4) is 0 Å². The van der Waals surface area contributed by atoms with Gasteiger partial charge in [-0.3, -0.25) is 14.6 Å². The molecule has 0 unspecified atom stereocenters. The monoisotopic (exact) mass is 441 g/mol. The van der Waals surface area contributed by atoms with Gasteiger partial charge in [-0.15, -0.1) is 0 Å². The van der Waals surface area contributed by atoms with E-state index in [1.807, 2.05) is 6.20 Å². The molecule has 1 atom stereocenters. The van der Waals surface area contributed by atoms with Gasteiger partial charge in [0.05, 0.1) is 5.39 Å². The molecule has 3 rings (SSSR count). The minimum absolute atomic E-state index is 0.0504. The van der Waals surface area contributed by atoms with Crippen LogP contribution in [-0.4, -0.2) is 54.0 Å². The third-order valence-corrected chi connectivity index (χ3v) is 4.88. The van der Waals surface area contributed by atoms with Crippen LogP contribution in [0.5, 0.6) is 0 Å². The number of carboxylic acids is 2. The lowest BCUT2D eigenvalue weighted by atomic mass is 10.0. The summed E-state index contributed by atoms with van der Waals surface area (Å²) in [6.45, 7) is 0. The summed E-state index contributed by atoms with van der Waals surface area (Å²) in [5.41, 5.74) is 14.1. The number of rotatable bonds is 10. The first kappa shape index (κ1) is 22.5. The van der Waals surface area contributed by atoms with Crippen molar-refractivity contribution >= 4 is 40.6 Å². The molecule has 3 aromatic heterocycles. The number of nitrogens with two attached hydrogens (primary N) is 2. The molecular formula is C20H23N7O5. The van der Waals surface area contributed by atoms with Gasteiger partial charge in [-0.1, -0.05) is 6.07 Å². The Morgan fingerprint density at radius 3 is 2.56 bits per heavy atom. The van der Waals surface area contributed by atoms with Crippen LogP contribution in [0.3, 0.4) is 0 Å². The van der Waals surface area contributed by atoms with Gasteiger partial charge in [-0.25, -0.2) is 4.79 Å². The smallest absolute Gasteiger partial charge is 0.326 e. The van der Waals surface area contributed by atoms with Crippen LogP contribution >= 0.6 is 0 Å². The van der Waals surface area contributed by atoms with Gasteiger partial charge < -0.3 is 32.0 Å². The molecule has 0 radical (unpaired) electrons. The number of nitrogens with zero attached hydrogens (tertiary/aromatic N) is 3. The normalized spacial score (nSPS) is 11.9. The maximum absolute atomic E-state index is 12.2. The molecule has 8 N–H and O–H groups in total. The Kier molecular flexibility index (Phi) is 6.83. The van der Waals surface area contributed by atoms with Crippen LogP contribution in [0.15, 0.2) is 24.5 Å². The number of aromatic amines is 1. The number of carbonyl (C=O) groups is 3. The van der Waals surface area contributed by atoms with E-state index in [0.29, 0.717) is 24.3 Å².